The number of carboxylic acids is 1. The highest BCUT2D eigenvalue weighted by atomic mass is 32.2. The predicted octanol–water partition coefficient (Wildman–Crippen LogP) is 2.88. The van der Waals surface area contributed by atoms with Gasteiger partial charge >= 0.3 is 5.97 Å². The van der Waals surface area contributed by atoms with Gasteiger partial charge in [-0.25, -0.2) is 12.7 Å². The topological polar surface area (TPSA) is 96.7 Å². The lowest BCUT2D eigenvalue weighted by atomic mass is 9.75. The van der Waals surface area contributed by atoms with Crippen LogP contribution in [0.25, 0.3) is 0 Å². The fraction of sp³-hybridized carbons (Fsp3) is 0.455. The number of aromatic nitrogens is 1. The molecule has 0 spiro atoms. The van der Waals surface area contributed by atoms with Crippen LogP contribution in [0.3, 0.4) is 0 Å². The minimum Gasteiger partial charge on any atom is -0.480 e. The number of nitrogens with zero attached hydrogens (tertiary/aromatic N) is 2. The number of carbonyl (C=O) groups excluding carboxylic acids is 1. The van der Waals surface area contributed by atoms with Gasteiger partial charge in [-0.1, -0.05) is 32.0 Å². The second-order valence-corrected chi connectivity index (χ2v) is 11.0. The van der Waals surface area contributed by atoms with Crippen molar-refractivity contribution in [3.05, 3.63) is 52.3 Å². The Morgan fingerprint density at radius 1 is 1.20 bits per heavy atom. The summed E-state index contributed by atoms with van der Waals surface area (Å²) >= 11 is 0. The number of hydrogen-bond acceptors (Lipinski definition) is 4. The highest BCUT2D eigenvalue weighted by Crippen LogP contribution is 2.39. The van der Waals surface area contributed by atoms with Crippen molar-refractivity contribution in [1.82, 2.24) is 8.87 Å². The zero-order chi connectivity index (χ0) is 22.4. The van der Waals surface area contributed by atoms with Gasteiger partial charge in [-0.05, 0) is 36.0 Å². The van der Waals surface area contributed by atoms with Gasteiger partial charge in [0.05, 0.1) is 4.90 Å². The molecule has 0 saturated carbocycles. The van der Waals surface area contributed by atoms with Crippen molar-refractivity contribution >= 4 is 21.8 Å². The van der Waals surface area contributed by atoms with E-state index in [1.807, 2.05) is 13.8 Å². The van der Waals surface area contributed by atoms with Gasteiger partial charge in [0.2, 0.25) is 10.0 Å². The van der Waals surface area contributed by atoms with Gasteiger partial charge in [-0.15, -0.1) is 0 Å². The first kappa shape index (κ1) is 22.2. The summed E-state index contributed by atoms with van der Waals surface area (Å²) in [5, 5.41) is 9.41. The Labute approximate surface area is 177 Å². The van der Waals surface area contributed by atoms with Gasteiger partial charge < -0.3 is 9.67 Å². The van der Waals surface area contributed by atoms with Crippen molar-refractivity contribution in [2.45, 2.75) is 51.5 Å². The standard InChI is InChI=1S/C22H28N2O5S/c1-14-16(10-15-8-6-7-9-19(15)30(28,29)23(4)5)21-17(24(14)13-20(26)27)11-22(2,3)12-18(21)25/h6-9H,10-13H2,1-5H3,(H,26,27). The normalized spacial score (nSPS) is 16.0. The lowest BCUT2D eigenvalue weighted by Crippen LogP contribution is -2.29. The molecule has 1 N–H and O–H groups in total. The quantitative estimate of drug-likeness (QED) is 0.757. The molecule has 0 atom stereocenters. The van der Waals surface area contributed by atoms with E-state index in [1.165, 1.54) is 14.1 Å². The fourth-order valence-corrected chi connectivity index (χ4v) is 5.38. The molecule has 8 heteroatoms. The maximum Gasteiger partial charge on any atom is 0.323 e. The van der Waals surface area contributed by atoms with Gasteiger partial charge in [-0.2, -0.15) is 0 Å². The molecule has 1 aliphatic carbocycles. The van der Waals surface area contributed by atoms with Crippen molar-refractivity contribution < 1.29 is 23.1 Å². The molecule has 0 saturated heterocycles. The van der Waals surface area contributed by atoms with E-state index < -0.39 is 16.0 Å². The first-order valence-electron chi connectivity index (χ1n) is 9.81. The van der Waals surface area contributed by atoms with E-state index in [1.54, 1.807) is 35.8 Å². The Morgan fingerprint density at radius 3 is 2.43 bits per heavy atom. The molecular weight excluding hydrogens is 404 g/mol. The SMILES string of the molecule is Cc1c(Cc2ccccc2S(=O)(=O)N(C)C)c2c(n1CC(=O)O)CC(C)(C)CC2=O. The summed E-state index contributed by atoms with van der Waals surface area (Å²) in [6.45, 7) is 5.58. The van der Waals surface area contributed by atoms with Crippen LogP contribution in [0.2, 0.25) is 0 Å². The third kappa shape index (κ3) is 3.94. The zero-order valence-electron chi connectivity index (χ0n) is 18.0. The molecule has 1 aromatic carbocycles. The maximum absolute atomic E-state index is 13.1. The van der Waals surface area contributed by atoms with Crippen molar-refractivity contribution in [3.8, 4) is 0 Å². The summed E-state index contributed by atoms with van der Waals surface area (Å²) in [5.41, 5.74) is 3.04. The van der Waals surface area contributed by atoms with Crippen LogP contribution in [0.1, 0.15) is 53.1 Å². The highest BCUT2D eigenvalue weighted by molar-refractivity contribution is 7.89. The zero-order valence-corrected chi connectivity index (χ0v) is 18.8. The molecule has 0 bridgehead atoms. The van der Waals surface area contributed by atoms with Crippen LogP contribution < -0.4 is 0 Å². The number of sulfonamides is 1. The number of carboxylic acid groups (broad SMARTS) is 1. The monoisotopic (exact) mass is 432 g/mol. The molecule has 2 aromatic rings. The highest BCUT2D eigenvalue weighted by Gasteiger charge is 2.37. The number of fused-ring (bicyclic) bond motifs is 1. The number of Topliss-reactive ketones (excluding diaryl/α,β-unsaturated/α-hetero) is 1. The first-order valence-corrected chi connectivity index (χ1v) is 11.3. The Morgan fingerprint density at radius 2 is 1.83 bits per heavy atom. The number of benzene rings is 1. The molecule has 0 fully saturated rings. The molecular formula is C22H28N2O5S. The van der Waals surface area contributed by atoms with E-state index in [2.05, 4.69) is 0 Å². The van der Waals surface area contributed by atoms with Gasteiger partial charge in [0.15, 0.2) is 5.78 Å². The number of ketones is 1. The summed E-state index contributed by atoms with van der Waals surface area (Å²) in [5.74, 6) is -0.995. The number of rotatable bonds is 6. The van der Waals surface area contributed by atoms with Crippen LogP contribution >= 0.6 is 0 Å². The lowest BCUT2D eigenvalue weighted by Gasteiger charge is -2.30. The van der Waals surface area contributed by atoms with Crippen molar-refractivity contribution in [2.24, 2.45) is 5.41 Å². The molecule has 30 heavy (non-hydrogen) atoms. The Balaban J connectivity index is 2.20. The van der Waals surface area contributed by atoms with Crippen LogP contribution in [0.15, 0.2) is 29.2 Å². The molecule has 0 amide bonds. The van der Waals surface area contributed by atoms with Crippen LogP contribution in [0, 0.1) is 12.3 Å². The van der Waals surface area contributed by atoms with E-state index in [-0.39, 0.29) is 29.1 Å². The Kier molecular flexibility index (Phi) is 5.68. The maximum atomic E-state index is 13.1. The van der Waals surface area contributed by atoms with Crippen LogP contribution in [0.4, 0.5) is 0 Å². The summed E-state index contributed by atoms with van der Waals surface area (Å²) in [6.07, 6.45) is 1.22. The van der Waals surface area contributed by atoms with Crippen molar-refractivity contribution in [1.29, 1.82) is 0 Å². The van der Waals surface area contributed by atoms with Crippen molar-refractivity contribution in [3.63, 3.8) is 0 Å². The summed E-state index contributed by atoms with van der Waals surface area (Å²) in [4.78, 5) is 24.7. The smallest absolute Gasteiger partial charge is 0.323 e. The second-order valence-electron chi connectivity index (χ2n) is 8.88. The molecule has 7 nitrogen and oxygen atoms in total. The van der Waals surface area contributed by atoms with Crippen LogP contribution in [-0.2, 0) is 34.2 Å². The molecule has 1 heterocycles. The van der Waals surface area contributed by atoms with E-state index >= 15 is 0 Å². The van der Waals surface area contributed by atoms with Gasteiger partial charge in [0.1, 0.15) is 6.54 Å². The third-order valence-corrected chi connectivity index (χ3v) is 7.63. The van der Waals surface area contributed by atoms with E-state index in [0.29, 0.717) is 35.2 Å². The summed E-state index contributed by atoms with van der Waals surface area (Å²) in [7, 11) is -0.698. The van der Waals surface area contributed by atoms with Crippen LogP contribution in [0.5, 0.6) is 0 Å². The molecule has 1 aromatic heterocycles. The van der Waals surface area contributed by atoms with Gasteiger partial charge in [-0.3, -0.25) is 9.59 Å². The second kappa shape index (κ2) is 7.67. The van der Waals surface area contributed by atoms with Gasteiger partial charge in [0.25, 0.3) is 0 Å². The Hall–Kier alpha value is -2.45. The minimum atomic E-state index is -3.66. The summed E-state index contributed by atoms with van der Waals surface area (Å²) < 4.78 is 28.5. The molecule has 0 radical (unpaired) electrons. The van der Waals surface area contributed by atoms with Crippen molar-refractivity contribution in [2.75, 3.05) is 14.1 Å². The summed E-state index contributed by atoms with van der Waals surface area (Å²) in [6, 6.07) is 6.75. The fourth-order valence-electron chi connectivity index (χ4n) is 4.26. The average Bonchev–Trinajstić information content (AvgIpc) is 2.86. The molecule has 0 unspecified atom stereocenters. The van der Waals surface area contributed by atoms with E-state index in [9.17, 15) is 23.1 Å². The molecule has 3 rings (SSSR count). The average molecular weight is 433 g/mol. The Bertz CT molecular complexity index is 1130. The third-order valence-electron chi connectivity index (χ3n) is 5.71. The molecule has 162 valence electrons. The first-order chi connectivity index (χ1) is 13.8. The van der Waals surface area contributed by atoms with E-state index in [0.717, 1.165) is 10.00 Å². The predicted molar refractivity (Wildman–Crippen MR) is 113 cm³/mol. The van der Waals surface area contributed by atoms with Crippen LogP contribution in [-0.4, -0.2) is 48.2 Å². The van der Waals surface area contributed by atoms with Gasteiger partial charge in [0, 0.05) is 43.9 Å². The van der Waals surface area contributed by atoms with E-state index in [4.69, 9.17) is 0 Å². The number of carbonyl (C=O) groups is 2. The molecule has 0 aliphatic heterocycles. The number of hydrogen-bond donors (Lipinski definition) is 1. The number of aliphatic carboxylic acids is 1. The minimum absolute atomic E-state index is 0.0172. The lowest BCUT2D eigenvalue weighted by molar-refractivity contribution is -0.137. The molecule has 1 aliphatic rings. The largest absolute Gasteiger partial charge is 0.480 e.